The Labute approximate surface area is 97.4 Å². The van der Waals surface area contributed by atoms with Crippen LogP contribution in [-0.2, 0) is 16.5 Å². The zero-order valence-corrected chi connectivity index (χ0v) is 11.1. The van der Waals surface area contributed by atoms with Crippen LogP contribution in [0.4, 0.5) is 0 Å². The van der Waals surface area contributed by atoms with Crippen molar-refractivity contribution in [1.82, 2.24) is 0 Å². The van der Waals surface area contributed by atoms with E-state index in [1.165, 1.54) is 0 Å². The summed E-state index contributed by atoms with van der Waals surface area (Å²) in [5.41, 5.74) is 1.02. The number of hydrogen-bond acceptors (Lipinski definition) is 0. The van der Waals surface area contributed by atoms with E-state index in [0.717, 1.165) is 5.57 Å². The van der Waals surface area contributed by atoms with Crippen molar-refractivity contribution >= 4 is 18.8 Å². The monoisotopic (exact) mass is 301 g/mol. The molecule has 0 amide bonds. The van der Waals surface area contributed by atoms with Gasteiger partial charge in [0.25, 0.3) is 0 Å². The Bertz CT molecular complexity index is 173. The van der Waals surface area contributed by atoms with Crippen molar-refractivity contribution in [3.8, 4) is 0 Å². The average Bonchev–Trinajstić information content (AvgIpc) is 2.62. The number of halogens is 2. The van der Waals surface area contributed by atoms with Gasteiger partial charge in [-0.05, 0) is 6.92 Å². The summed E-state index contributed by atoms with van der Waals surface area (Å²) in [6.45, 7) is 8.93. The zero-order valence-electron chi connectivity index (χ0n) is 7.54. The Morgan fingerprint density at radius 3 is 1.62 bits per heavy atom. The van der Waals surface area contributed by atoms with E-state index in [-0.39, 0.29) is 0 Å². The predicted octanol–water partition coefficient (Wildman–Crippen LogP) is 4.44. The van der Waals surface area contributed by atoms with Crippen molar-refractivity contribution in [2.75, 3.05) is 0 Å². The summed E-state index contributed by atoms with van der Waals surface area (Å²) in [6, 6.07) is 0. The van der Waals surface area contributed by atoms with Gasteiger partial charge in [0.15, 0.2) is 0 Å². The Hall–Kier alpha value is 0.228. The van der Waals surface area contributed by atoms with Crippen LogP contribution in [0.1, 0.15) is 6.92 Å². The molecule has 0 unspecified atom stereocenters. The van der Waals surface area contributed by atoms with E-state index in [2.05, 4.69) is 13.2 Å². The van der Waals surface area contributed by atoms with Crippen molar-refractivity contribution in [3.05, 3.63) is 55.5 Å². The van der Waals surface area contributed by atoms with E-state index in [1.54, 1.807) is 6.08 Å². The van der Waals surface area contributed by atoms with Crippen LogP contribution >= 0.6 is 18.8 Å². The zero-order chi connectivity index (χ0) is 10.5. The number of hydrogen-bond donors (Lipinski definition) is 0. The van der Waals surface area contributed by atoms with Crippen LogP contribution in [-0.4, -0.2) is 0 Å². The molecule has 73 valence electrons. The maximum atomic E-state index is 4.89. The first-order chi connectivity index (χ1) is 6.18. The van der Waals surface area contributed by atoms with Gasteiger partial charge < -0.3 is 0 Å². The van der Waals surface area contributed by atoms with Crippen molar-refractivity contribution in [3.63, 3.8) is 0 Å². The quantitative estimate of drug-likeness (QED) is 0.496. The SMILES string of the molecule is C=CC(=C)C.[CH]1C=CC=C1.[Cl][Mo][Cl]. The topological polar surface area (TPSA) is 0 Å². The van der Waals surface area contributed by atoms with Crippen LogP contribution in [0, 0.1) is 6.42 Å². The minimum absolute atomic E-state index is 0.586. The van der Waals surface area contributed by atoms with Gasteiger partial charge in [0.1, 0.15) is 0 Å². The minimum atomic E-state index is -0.586. The van der Waals surface area contributed by atoms with Gasteiger partial charge in [-0.25, -0.2) is 0 Å². The van der Waals surface area contributed by atoms with Gasteiger partial charge in [0.05, 0.1) is 0 Å². The third-order valence-corrected chi connectivity index (χ3v) is 0.904. The van der Waals surface area contributed by atoms with E-state index in [9.17, 15) is 0 Å². The first kappa shape index (κ1) is 15.7. The summed E-state index contributed by atoms with van der Waals surface area (Å²) >= 11 is -0.586. The molecule has 0 aromatic heterocycles. The van der Waals surface area contributed by atoms with E-state index in [4.69, 9.17) is 18.8 Å². The molecule has 0 aromatic rings. The number of rotatable bonds is 1. The second-order valence-corrected chi connectivity index (χ2v) is 5.12. The molecular formula is C10H13Cl2Mo. The summed E-state index contributed by atoms with van der Waals surface area (Å²) < 4.78 is 0. The predicted molar refractivity (Wildman–Crippen MR) is 59.3 cm³/mol. The molecule has 1 rings (SSSR count). The van der Waals surface area contributed by atoms with Crippen LogP contribution in [0.2, 0.25) is 0 Å². The van der Waals surface area contributed by atoms with Crippen molar-refractivity contribution in [1.29, 1.82) is 0 Å². The van der Waals surface area contributed by atoms with Crippen LogP contribution < -0.4 is 0 Å². The fourth-order valence-electron chi connectivity index (χ4n) is 0.321. The van der Waals surface area contributed by atoms with Crippen LogP contribution in [0.15, 0.2) is 49.1 Å². The molecule has 0 saturated heterocycles. The van der Waals surface area contributed by atoms with Gasteiger partial charge in [-0.1, -0.05) is 49.1 Å². The van der Waals surface area contributed by atoms with Gasteiger partial charge in [-0.2, -0.15) is 0 Å². The first-order valence-corrected chi connectivity index (χ1v) is 8.69. The molecule has 1 aliphatic carbocycles. The molecule has 0 aliphatic heterocycles. The molecule has 1 aliphatic rings. The van der Waals surface area contributed by atoms with E-state index >= 15 is 0 Å². The van der Waals surface area contributed by atoms with E-state index < -0.39 is 16.5 Å². The summed E-state index contributed by atoms with van der Waals surface area (Å²) in [5.74, 6) is 0. The molecule has 0 bridgehead atoms. The molecule has 0 saturated carbocycles. The molecule has 0 spiro atoms. The number of allylic oxidation sites excluding steroid dienone is 6. The van der Waals surface area contributed by atoms with E-state index in [1.807, 2.05) is 37.6 Å². The van der Waals surface area contributed by atoms with Gasteiger partial charge in [0.2, 0.25) is 0 Å². The van der Waals surface area contributed by atoms with Gasteiger partial charge in [-0.15, -0.1) is 0 Å². The molecule has 3 heteroatoms. The molecule has 0 aromatic carbocycles. The molecule has 0 fully saturated rings. The Balaban J connectivity index is 0. The van der Waals surface area contributed by atoms with Crippen LogP contribution in [0.25, 0.3) is 0 Å². The summed E-state index contributed by atoms with van der Waals surface area (Å²) in [7, 11) is 9.79. The summed E-state index contributed by atoms with van der Waals surface area (Å²) in [5, 5.41) is 0. The van der Waals surface area contributed by atoms with Gasteiger partial charge in [-0.3, -0.25) is 0 Å². The third kappa shape index (κ3) is 24.5. The Kier molecular flexibility index (Phi) is 17.8. The van der Waals surface area contributed by atoms with Crippen LogP contribution in [0.5, 0.6) is 0 Å². The normalized spacial score (nSPS) is 10.7. The second kappa shape index (κ2) is 14.7. The Morgan fingerprint density at radius 2 is 1.54 bits per heavy atom. The standard InChI is InChI=1S/C5H5.C5H8.2ClH.Mo/c1-2-4-5-3-1;1-4-5(2)3;;;/h1-5H;4H,1-2H2,3H3;2*1H;/q;;;;+2/p-2. The molecule has 0 nitrogen and oxygen atoms in total. The van der Waals surface area contributed by atoms with Crippen molar-refractivity contribution < 1.29 is 16.5 Å². The molecular weight excluding hydrogens is 287 g/mol. The van der Waals surface area contributed by atoms with Gasteiger partial charge in [0, 0.05) is 6.42 Å². The molecule has 1 radical (unpaired) electrons. The molecule has 0 N–H and O–H groups in total. The van der Waals surface area contributed by atoms with Crippen LogP contribution in [0.3, 0.4) is 0 Å². The van der Waals surface area contributed by atoms with E-state index in [0.29, 0.717) is 0 Å². The van der Waals surface area contributed by atoms with Crippen molar-refractivity contribution in [2.45, 2.75) is 6.92 Å². The molecule has 0 heterocycles. The summed E-state index contributed by atoms with van der Waals surface area (Å²) in [4.78, 5) is 0. The van der Waals surface area contributed by atoms with Gasteiger partial charge >= 0.3 is 35.3 Å². The third-order valence-electron chi connectivity index (χ3n) is 0.904. The first-order valence-electron chi connectivity index (χ1n) is 3.53. The summed E-state index contributed by atoms with van der Waals surface area (Å²) in [6.07, 6.45) is 11.7. The maximum absolute atomic E-state index is 4.89. The fourth-order valence-corrected chi connectivity index (χ4v) is 0.321. The second-order valence-electron chi connectivity index (χ2n) is 2.07. The molecule has 13 heavy (non-hydrogen) atoms. The van der Waals surface area contributed by atoms with Crippen molar-refractivity contribution in [2.24, 2.45) is 0 Å². The average molecular weight is 300 g/mol. The Morgan fingerprint density at radius 1 is 1.23 bits per heavy atom. The fraction of sp³-hybridized carbons (Fsp3) is 0.100. The molecule has 0 atom stereocenters.